The molecule has 0 aliphatic carbocycles. The molecular formula is C19H19FN2O3S. The number of halogens is 1. The van der Waals surface area contributed by atoms with E-state index in [1.807, 2.05) is 24.3 Å². The number of benzene rings is 2. The Hall–Kier alpha value is -2.54. The molecule has 0 spiro atoms. The predicted octanol–water partition coefficient (Wildman–Crippen LogP) is 2.46. The van der Waals surface area contributed by atoms with Crippen LogP contribution >= 0.6 is 11.8 Å². The fourth-order valence-electron chi connectivity index (χ4n) is 2.56. The van der Waals surface area contributed by atoms with Gasteiger partial charge in [0.25, 0.3) is 5.91 Å². The quantitative estimate of drug-likeness (QED) is 0.789. The second-order valence-electron chi connectivity index (χ2n) is 5.80. The van der Waals surface area contributed by atoms with Crippen LogP contribution < -0.4 is 10.1 Å². The third-order valence-corrected chi connectivity index (χ3v) is 4.94. The van der Waals surface area contributed by atoms with Crippen LogP contribution in [0.1, 0.15) is 5.56 Å². The van der Waals surface area contributed by atoms with Gasteiger partial charge in [-0.2, -0.15) is 0 Å². The number of carbonyl (C=O) groups is 2. The van der Waals surface area contributed by atoms with Crippen molar-refractivity contribution in [3.63, 3.8) is 0 Å². The molecule has 2 aromatic rings. The smallest absolute Gasteiger partial charge is 0.260 e. The number of ether oxygens (including phenoxy) is 1. The molecule has 1 heterocycles. The SMILES string of the molecule is O=C(CSc1ccc(F)cc1)NCCN1Cc2ccccc2OCC1=O. The van der Waals surface area contributed by atoms with Gasteiger partial charge in [0, 0.05) is 30.1 Å². The van der Waals surface area contributed by atoms with Crippen molar-refractivity contribution in [3.8, 4) is 5.75 Å². The zero-order valence-electron chi connectivity index (χ0n) is 14.1. The number of hydrogen-bond donors (Lipinski definition) is 1. The zero-order valence-corrected chi connectivity index (χ0v) is 14.9. The highest BCUT2D eigenvalue weighted by atomic mass is 32.2. The summed E-state index contributed by atoms with van der Waals surface area (Å²) in [6.07, 6.45) is 0. The van der Waals surface area contributed by atoms with E-state index >= 15 is 0 Å². The number of nitrogens with one attached hydrogen (secondary N) is 1. The topological polar surface area (TPSA) is 58.6 Å². The Kier molecular flexibility index (Phi) is 6.12. The number of rotatable bonds is 6. The second-order valence-corrected chi connectivity index (χ2v) is 6.85. The number of para-hydroxylation sites is 1. The maximum atomic E-state index is 12.9. The molecule has 1 aliphatic heterocycles. The molecular weight excluding hydrogens is 355 g/mol. The van der Waals surface area contributed by atoms with E-state index in [1.54, 1.807) is 17.0 Å². The normalized spacial score (nSPS) is 13.6. The standard InChI is InChI=1S/C19H19FN2O3S/c20-15-5-7-16(8-6-15)26-13-18(23)21-9-10-22-11-14-3-1-2-4-17(14)25-12-19(22)24/h1-8H,9-13H2,(H,21,23). The zero-order chi connectivity index (χ0) is 18.4. The Labute approximate surface area is 155 Å². The minimum Gasteiger partial charge on any atom is -0.483 e. The van der Waals surface area contributed by atoms with E-state index in [0.29, 0.717) is 19.6 Å². The minimum atomic E-state index is -0.300. The lowest BCUT2D eigenvalue weighted by molar-refractivity contribution is -0.133. The average molecular weight is 374 g/mol. The molecule has 0 saturated heterocycles. The highest BCUT2D eigenvalue weighted by Crippen LogP contribution is 2.22. The number of nitrogens with zero attached hydrogens (tertiary/aromatic N) is 1. The summed E-state index contributed by atoms with van der Waals surface area (Å²) in [5.41, 5.74) is 0.955. The Morgan fingerprint density at radius 2 is 1.96 bits per heavy atom. The van der Waals surface area contributed by atoms with Gasteiger partial charge in [0.1, 0.15) is 11.6 Å². The van der Waals surface area contributed by atoms with Gasteiger partial charge in [-0.3, -0.25) is 9.59 Å². The fourth-order valence-corrected chi connectivity index (χ4v) is 3.29. The van der Waals surface area contributed by atoms with Gasteiger partial charge < -0.3 is 15.0 Å². The van der Waals surface area contributed by atoms with E-state index in [4.69, 9.17) is 4.74 Å². The lowest BCUT2D eigenvalue weighted by atomic mass is 10.2. The Bertz CT molecular complexity index is 783. The molecule has 0 radical (unpaired) electrons. The molecule has 136 valence electrons. The van der Waals surface area contributed by atoms with Crippen LogP contribution in [-0.2, 0) is 16.1 Å². The summed E-state index contributed by atoms with van der Waals surface area (Å²) in [6, 6.07) is 13.6. The molecule has 5 nitrogen and oxygen atoms in total. The Morgan fingerprint density at radius 1 is 1.19 bits per heavy atom. The fraction of sp³-hybridized carbons (Fsp3) is 0.263. The lowest BCUT2D eigenvalue weighted by Gasteiger charge is -2.20. The van der Waals surface area contributed by atoms with Crippen molar-refractivity contribution >= 4 is 23.6 Å². The van der Waals surface area contributed by atoms with Gasteiger partial charge in [-0.15, -0.1) is 11.8 Å². The summed E-state index contributed by atoms with van der Waals surface area (Å²) in [4.78, 5) is 26.6. The second kappa shape index (κ2) is 8.71. The van der Waals surface area contributed by atoms with Crippen molar-refractivity contribution in [1.82, 2.24) is 10.2 Å². The molecule has 2 amide bonds. The first-order chi connectivity index (χ1) is 12.6. The van der Waals surface area contributed by atoms with Crippen molar-refractivity contribution in [3.05, 3.63) is 59.9 Å². The summed E-state index contributed by atoms with van der Waals surface area (Å²) < 4.78 is 18.4. The van der Waals surface area contributed by atoms with Crippen LogP contribution in [0.2, 0.25) is 0 Å². The summed E-state index contributed by atoms with van der Waals surface area (Å²) in [6.45, 7) is 1.26. The van der Waals surface area contributed by atoms with Crippen LogP contribution in [0.4, 0.5) is 4.39 Å². The molecule has 2 aromatic carbocycles. The molecule has 1 aliphatic rings. The summed E-state index contributed by atoms with van der Waals surface area (Å²) >= 11 is 1.34. The molecule has 0 bridgehead atoms. The first-order valence-electron chi connectivity index (χ1n) is 8.25. The van der Waals surface area contributed by atoms with E-state index in [-0.39, 0.29) is 30.0 Å². The van der Waals surface area contributed by atoms with Gasteiger partial charge >= 0.3 is 0 Å². The highest BCUT2D eigenvalue weighted by molar-refractivity contribution is 8.00. The monoisotopic (exact) mass is 374 g/mol. The molecule has 0 aromatic heterocycles. The number of thioether (sulfide) groups is 1. The number of hydrogen-bond acceptors (Lipinski definition) is 4. The maximum Gasteiger partial charge on any atom is 0.260 e. The largest absolute Gasteiger partial charge is 0.483 e. The molecule has 7 heteroatoms. The molecule has 26 heavy (non-hydrogen) atoms. The van der Waals surface area contributed by atoms with E-state index in [0.717, 1.165) is 16.2 Å². The van der Waals surface area contributed by atoms with Gasteiger partial charge in [-0.25, -0.2) is 4.39 Å². The Balaban J connectivity index is 1.44. The summed E-state index contributed by atoms with van der Waals surface area (Å²) in [5.74, 6) is 0.440. The van der Waals surface area contributed by atoms with Crippen molar-refractivity contribution < 1.29 is 18.7 Å². The van der Waals surface area contributed by atoms with Gasteiger partial charge in [-0.1, -0.05) is 18.2 Å². The van der Waals surface area contributed by atoms with Gasteiger partial charge in [0.2, 0.25) is 5.91 Å². The van der Waals surface area contributed by atoms with Crippen LogP contribution in [0, 0.1) is 5.82 Å². The number of amides is 2. The first kappa shape index (κ1) is 18.3. The number of fused-ring (bicyclic) bond motifs is 1. The third kappa shape index (κ3) is 4.98. The molecule has 0 fully saturated rings. The van der Waals surface area contributed by atoms with Crippen molar-refractivity contribution in [2.75, 3.05) is 25.4 Å². The Morgan fingerprint density at radius 3 is 2.77 bits per heavy atom. The first-order valence-corrected chi connectivity index (χ1v) is 9.24. The van der Waals surface area contributed by atoms with E-state index in [9.17, 15) is 14.0 Å². The van der Waals surface area contributed by atoms with Gasteiger partial charge in [0.15, 0.2) is 6.61 Å². The van der Waals surface area contributed by atoms with Gasteiger partial charge in [0.05, 0.1) is 5.75 Å². The third-order valence-electron chi connectivity index (χ3n) is 3.93. The van der Waals surface area contributed by atoms with E-state index < -0.39 is 0 Å². The maximum absolute atomic E-state index is 12.9. The molecule has 0 saturated carbocycles. The summed E-state index contributed by atoms with van der Waals surface area (Å²) in [7, 11) is 0. The van der Waals surface area contributed by atoms with Gasteiger partial charge in [-0.05, 0) is 30.3 Å². The average Bonchev–Trinajstić information content (AvgIpc) is 2.81. The molecule has 3 rings (SSSR count). The lowest BCUT2D eigenvalue weighted by Crippen LogP contribution is -2.39. The van der Waals surface area contributed by atoms with Crippen molar-refractivity contribution in [2.24, 2.45) is 0 Å². The van der Waals surface area contributed by atoms with Crippen LogP contribution in [0.15, 0.2) is 53.4 Å². The summed E-state index contributed by atoms with van der Waals surface area (Å²) in [5, 5.41) is 2.81. The highest BCUT2D eigenvalue weighted by Gasteiger charge is 2.20. The predicted molar refractivity (Wildman–Crippen MR) is 97.5 cm³/mol. The molecule has 0 atom stereocenters. The van der Waals surface area contributed by atoms with Crippen molar-refractivity contribution in [2.45, 2.75) is 11.4 Å². The number of carbonyl (C=O) groups excluding carboxylic acids is 2. The van der Waals surface area contributed by atoms with E-state index in [1.165, 1.54) is 23.9 Å². The van der Waals surface area contributed by atoms with Crippen molar-refractivity contribution in [1.29, 1.82) is 0 Å². The van der Waals surface area contributed by atoms with Crippen LogP contribution in [0.3, 0.4) is 0 Å². The van der Waals surface area contributed by atoms with Crippen LogP contribution in [0.5, 0.6) is 5.75 Å². The minimum absolute atomic E-state index is 0.00534. The molecule has 0 unspecified atom stereocenters. The van der Waals surface area contributed by atoms with E-state index in [2.05, 4.69) is 5.32 Å². The molecule has 1 N–H and O–H groups in total. The van der Waals surface area contributed by atoms with Crippen LogP contribution in [-0.4, -0.2) is 42.2 Å². The van der Waals surface area contributed by atoms with Crippen LogP contribution in [0.25, 0.3) is 0 Å².